The maximum atomic E-state index is 11.7. The highest BCUT2D eigenvalue weighted by Crippen LogP contribution is 2.22. The van der Waals surface area contributed by atoms with Crippen molar-refractivity contribution < 1.29 is 8.42 Å². The third kappa shape index (κ3) is 2.65. The van der Waals surface area contributed by atoms with Gasteiger partial charge in [-0.2, -0.15) is 0 Å². The number of sulfone groups is 1. The predicted molar refractivity (Wildman–Crippen MR) is 62.7 cm³/mol. The van der Waals surface area contributed by atoms with Gasteiger partial charge in [0.2, 0.25) is 0 Å². The molecule has 0 heterocycles. The van der Waals surface area contributed by atoms with Crippen LogP contribution in [0.5, 0.6) is 0 Å². The molecular weight excluding hydrogens is 210 g/mol. The molecule has 0 aliphatic rings. The van der Waals surface area contributed by atoms with Crippen LogP contribution in [0.1, 0.15) is 18.9 Å². The molecule has 1 rings (SSSR count). The van der Waals surface area contributed by atoms with E-state index < -0.39 is 9.84 Å². The highest BCUT2D eigenvalue weighted by molar-refractivity contribution is 7.91. The third-order valence-corrected chi connectivity index (χ3v) is 4.09. The molecule has 0 aromatic heterocycles. The summed E-state index contributed by atoms with van der Waals surface area (Å²) in [6.07, 6.45) is 0.628. The van der Waals surface area contributed by atoms with E-state index in [0.29, 0.717) is 11.3 Å². The minimum atomic E-state index is -3.12. The van der Waals surface area contributed by atoms with E-state index in [0.717, 1.165) is 11.3 Å². The lowest BCUT2D eigenvalue weighted by Gasteiger charge is -2.05. The number of rotatable bonds is 4. The minimum absolute atomic E-state index is 0.188. The van der Waals surface area contributed by atoms with Gasteiger partial charge in [0.05, 0.1) is 16.3 Å². The van der Waals surface area contributed by atoms with E-state index in [1.165, 1.54) is 0 Å². The van der Waals surface area contributed by atoms with Crippen molar-refractivity contribution in [1.82, 2.24) is 0 Å². The van der Waals surface area contributed by atoms with E-state index in [-0.39, 0.29) is 5.75 Å². The summed E-state index contributed by atoms with van der Waals surface area (Å²) in [4.78, 5) is 4.16. The number of aliphatic imine (C=N–C) groups is 1. The quantitative estimate of drug-likeness (QED) is 0.739. The van der Waals surface area contributed by atoms with E-state index in [9.17, 15) is 8.42 Å². The van der Waals surface area contributed by atoms with Crippen LogP contribution in [-0.4, -0.2) is 20.9 Å². The van der Waals surface area contributed by atoms with Crippen molar-refractivity contribution in [2.75, 3.05) is 5.75 Å². The SMILES string of the molecule is C=Nc1ccc(S(=O)(=O)CCC)cc1C. The summed E-state index contributed by atoms with van der Waals surface area (Å²) in [5.41, 5.74) is 1.56. The van der Waals surface area contributed by atoms with Gasteiger partial charge in [0.25, 0.3) is 0 Å². The lowest BCUT2D eigenvalue weighted by Crippen LogP contribution is -2.05. The van der Waals surface area contributed by atoms with Crippen LogP contribution in [0, 0.1) is 6.92 Å². The fourth-order valence-electron chi connectivity index (χ4n) is 1.39. The number of hydrogen-bond acceptors (Lipinski definition) is 3. The molecule has 0 radical (unpaired) electrons. The maximum Gasteiger partial charge on any atom is 0.178 e. The second-order valence-electron chi connectivity index (χ2n) is 3.43. The van der Waals surface area contributed by atoms with Gasteiger partial charge < -0.3 is 0 Å². The highest BCUT2D eigenvalue weighted by Gasteiger charge is 2.13. The van der Waals surface area contributed by atoms with Crippen molar-refractivity contribution in [2.24, 2.45) is 4.99 Å². The largest absolute Gasteiger partial charge is 0.264 e. The molecular formula is C11H15NO2S. The average Bonchev–Trinajstić information content (AvgIpc) is 2.17. The van der Waals surface area contributed by atoms with Gasteiger partial charge in [-0.05, 0) is 43.8 Å². The molecule has 0 fully saturated rings. The first-order chi connectivity index (χ1) is 7.01. The fourth-order valence-corrected chi connectivity index (χ4v) is 2.79. The number of aryl methyl sites for hydroxylation is 1. The molecule has 1 aromatic carbocycles. The molecule has 0 bridgehead atoms. The molecule has 0 saturated heterocycles. The molecule has 0 unspecified atom stereocenters. The summed E-state index contributed by atoms with van der Waals surface area (Å²) < 4.78 is 23.5. The number of benzene rings is 1. The first-order valence-electron chi connectivity index (χ1n) is 4.81. The molecule has 82 valence electrons. The van der Waals surface area contributed by atoms with Gasteiger partial charge in [-0.15, -0.1) is 0 Å². The predicted octanol–water partition coefficient (Wildman–Crippen LogP) is 2.51. The van der Waals surface area contributed by atoms with Crippen LogP contribution in [0.4, 0.5) is 5.69 Å². The van der Waals surface area contributed by atoms with Gasteiger partial charge in [-0.25, -0.2) is 8.42 Å². The Morgan fingerprint density at radius 2 is 2.07 bits per heavy atom. The lowest BCUT2D eigenvalue weighted by atomic mass is 10.2. The van der Waals surface area contributed by atoms with Crippen LogP contribution in [0.2, 0.25) is 0 Å². The van der Waals surface area contributed by atoms with Gasteiger partial charge >= 0.3 is 0 Å². The summed E-state index contributed by atoms with van der Waals surface area (Å²) in [6.45, 7) is 7.10. The molecule has 0 saturated carbocycles. The van der Waals surface area contributed by atoms with Crippen LogP contribution in [0.15, 0.2) is 28.1 Å². The zero-order valence-corrected chi connectivity index (χ0v) is 9.84. The average molecular weight is 225 g/mol. The van der Waals surface area contributed by atoms with Crippen LogP contribution in [-0.2, 0) is 9.84 Å². The molecule has 0 amide bonds. The summed E-state index contributed by atoms with van der Waals surface area (Å²) in [7, 11) is -3.12. The van der Waals surface area contributed by atoms with Crippen molar-refractivity contribution >= 4 is 22.2 Å². The highest BCUT2D eigenvalue weighted by atomic mass is 32.2. The van der Waals surface area contributed by atoms with Crippen LogP contribution < -0.4 is 0 Å². The molecule has 0 atom stereocenters. The van der Waals surface area contributed by atoms with Gasteiger partial charge in [0.1, 0.15) is 0 Å². The minimum Gasteiger partial charge on any atom is -0.264 e. The van der Waals surface area contributed by atoms with Gasteiger partial charge in [0, 0.05) is 0 Å². The molecule has 0 aliphatic heterocycles. The molecule has 0 aliphatic carbocycles. The van der Waals surface area contributed by atoms with E-state index in [4.69, 9.17) is 0 Å². The van der Waals surface area contributed by atoms with Crippen LogP contribution in [0.3, 0.4) is 0 Å². The van der Waals surface area contributed by atoms with Crippen molar-refractivity contribution in [1.29, 1.82) is 0 Å². The summed E-state index contributed by atoms with van der Waals surface area (Å²) >= 11 is 0. The molecule has 15 heavy (non-hydrogen) atoms. The molecule has 1 aromatic rings. The molecule has 4 heteroatoms. The third-order valence-electron chi connectivity index (χ3n) is 2.17. The zero-order valence-electron chi connectivity index (χ0n) is 9.03. The molecule has 3 nitrogen and oxygen atoms in total. The van der Waals surface area contributed by atoms with Gasteiger partial charge in [0.15, 0.2) is 9.84 Å². The first-order valence-corrected chi connectivity index (χ1v) is 6.46. The van der Waals surface area contributed by atoms with Crippen molar-refractivity contribution in [3.8, 4) is 0 Å². The van der Waals surface area contributed by atoms with Crippen molar-refractivity contribution in [3.05, 3.63) is 23.8 Å². The number of nitrogens with zero attached hydrogens (tertiary/aromatic N) is 1. The van der Waals surface area contributed by atoms with Crippen molar-refractivity contribution in [3.63, 3.8) is 0 Å². The zero-order chi connectivity index (χ0) is 11.5. The van der Waals surface area contributed by atoms with E-state index >= 15 is 0 Å². The Morgan fingerprint density at radius 1 is 1.40 bits per heavy atom. The smallest absolute Gasteiger partial charge is 0.178 e. The Labute approximate surface area is 90.8 Å². The lowest BCUT2D eigenvalue weighted by molar-refractivity contribution is 0.594. The van der Waals surface area contributed by atoms with E-state index in [2.05, 4.69) is 11.7 Å². The maximum absolute atomic E-state index is 11.7. The molecule has 0 N–H and O–H groups in total. The summed E-state index contributed by atoms with van der Waals surface area (Å²) in [5, 5.41) is 0. The topological polar surface area (TPSA) is 46.5 Å². The monoisotopic (exact) mass is 225 g/mol. The van der Waals surface area contributed by atoms with Crippen molar-refractivity contribution in [2.45, 2.75) is 25.2 Å². The Hall–Kier alpha value is -1.16. The van der Waals surface area contributed by atoms with E-state index in [1.54, 1.807) is 18.2 Å². The second kappa shape index (κ2) is 4.57. The van der Waals surface area contributed by atoms with Crippen LogP contribution >= 0.6 is 0 Å². The van der Waals surface area contributed by atoms with Crippen LogP contribution in [0.25, 0.3) is 0 Å². The summed E-state index contributed by atoms with van der Waals surface area (Å²) in [5.74, 6) is 0.188. The Balaban J connectivity index is 3.18. The summed E-state index contributed by atoms with van der Waals surface area (Å²) in [6, 6.07) is 4.92. The Bertz CT molecular complexity index is 463. The fraction of sp³-hybridized carbons (Fsp3) is 0.364. The second-order valence-corrected chi connectivity index (χ2v) is 5.53. The first kappa shape index (κ1) is 11.9. The van der Waals surface area contributed by atoms with E-state index in [1.807, 2.05) is 13.8 Å². The number of hydrogen-bond donors (Lipinski definition) is 0. The Kier molecular flexibility index (Phi) is 3.63. The Morgan fingerprint density at radius 3 is 2.53 bits per heavy atom. The van der Waals surface area contributed by atoms with Gasteiger partial charge in [-0.1, -0.05) is 6.92 Å². The normalized spacial score (nSPS) is 11.3. The standard InChI is InChI=1S/C11H15NO2S/c1-4-7-15(13,14)10-5-6-11(12-3)9(2)8-10/h5-6,8H,3-4,7H2,1-2H3. The molecule has 0 spiro atoms. The van der Waals surface area contributed by atoms with Gasteiger partial charge in [-0.3, -0.25) is 4.99 Å².